The van der Waals surface area contributed by atoms with Crippen molar-refractivity contribution in [2.45, 2.75) is 44.4 Å². The summed E-state index contributed by atoms with van der Waals surface area (Å²) in [6, 6.07) is 4.76. The average Bonchev–Trinajstić information content (AvgIpc) is 3.07. The number of piperidine rings is 1. The van der Waals surface area contributed by atoms with Crippen molar-refractivity contribution in [3.63, 3.8) is 0 Å². The first-order valence-corrected chi connectivity index (χ1v) is 12.3. The summed E-state index contributed by atoms with van der Waals surface area (Å²) < 4.78 is 53.5. The lowest BCUT2D eigenvalue weighted by atomic mass is 9.85. The van der Waals surface area contributed by atoms with Crippen LogP contribution in [0.25, 0.3) is 0 Å². The lowest BCUT2D eigenvalue weighted by Gasteiger charge is -2.42. The largest absolute Gasteiger partial charge is 0.416 e. The number of nitrogens with one attached hydrogen (secondary N) is 1. The molecule has 1 spiro atoms. The number of carbonyl (C=O) groups excluding carboxylic acids is 4. The van der Waals surface area contributed by atoms with Crippen molar-refractivity contribution in [2.75, 3.05) is 25.0 Å². The molecule has 13 heteroatoms. The number of aromatic nitrogens is 1. The van der Waals surface area contributed by atoms with Crippen molar-refractivity contribution >= 4 is 29.6 Å². The average molecular weight is 550 g/mol. The van der Waals surface area contributed by atoms with Gasteiger partial charge in [-0.1, -0.05) is 19.9 Å². The molecule has 1 unspecified atom stereocenters. The Balaban J connectivity index is 1.52. The molecule has 2 aliphatic heterocycles. The zero-order valence-corrected chi connectivity index (χ0v) is 21.5. The summed E-state index contributed by atoms with van der Waals surface area (Å²) in [6.45, 7) is 3.39. The first kappa shape index (κ1) is 28.0. The van der Waals surface area contributed by atoms with Crippen molar-refractivity contribution < 1.29 is 36.7 Å². The van der Waals surface area contributed by atoms with Gasteiger partial charge in [-0.3, -0.25) is 24.2 Å². The van der Waals surface area contributed by atoms with E-state index < -0.39 is 64.4 Å². The summed E-state index contributed by atoms with van der Waals surface area (Å²) in [5, 5.41) is 2.38. The van der Waals surface area contributed by atoms with Crippen LogP contribution in [0.1, 0.15) is 42.6 Å². The lowest BCUT2D eigenvalue weighted by Crippen LogP contribution is -2.60. The number of hydrogen-bond acceptors (Lipinski definition) is 5. The Morgan fingerprint density at radius 2 is 1.74 bits per heavy atom. The van der Waals surface area contributed by atoms with Gasteiger partial charge in [0.2, 0.25) is 5.91 Å². The number of halogens is 4. The van der Waals surface area contributed by atoms with Crippen LogP contribution in [-0.2, 0) is 15.8 Å². The second-order valence-corrected chi connectivity index (χ2v) is 9.91. The van der Waals surface area contributed by atoms with E-state index >= 15 is 0 Å². The zero-order valence-electron chi connectivity index (χ0n) is 21.5. The quantitative estimate of drug-likeness (QED) is 0.455. The van der Waals surface area contributed by atoms with Crippen LogP contribution in [0, 0.1) is 11.7 Å². The fourth-order valence-corrected chi connectivity index (χ4v) is 4.97. The molecule has 1 aromatic carbocycles. The molecule has 0 bridgehead atoms. The maximum Gasteiger partial charge on any atom is 0.416 e. The third kappa shape index (κ3) is 5.04. The number of likely N-dealkylation sites (tertiary alicyclic amines) is 1. The highest BCUT2D eigenvalue weighted by Crippen LogP contribution is 2.39. The maximum atomic E-state index is 14.3. The van der Waals surface area contributed by atoms with Gasteiger partial charge in [0, 0.05) is 26.3 Å². The van der Waals surface area contributed by atoms with E-state index in [0.29, 0.717) is 24.0 Å². The molecular formula is C26H27F4N5O4. The third-order valence-electron chi connectivity index (χ3n) is 7.15. The fraction of sp³-hybridized carbons (Fsp3) is 0.423. The first-order chi connectivity index (χ1) is 18.3. The topological polar surface area (TPSA) is 103 Å². The van der Waals surface area contributed by atoms with E-state index in [4.69, 9.17) is 0 Å². The van der Waals surface area contributed by atoms with E-state index in [-0.39, 0.29) is 25.9 Å². The minimum atomic E-state index is -4.78. The molecule has 3 heterocycles. The minimum Gasteiger partial charge on any atom is -0.341 e. The molecule has 1 N–H and O–H groups in total. The molecule has 2 aromatic rings. The molecule has 5 amide bonds. The summed E-state index contributed by atoms with van der Waals surface area (Å²) in [6.07, 6.45) is -3.08. The van der Waals surface area contributed by atoms with Gasteiger partial charge in [-0.15, -0.1) is 0 Å². The molecule has 0 radical (unpaired) electrons. The van der Waals surface area contributed by atoms with Crippen LogP contribution >= 0.6 is 0 Å². The molecule has 2 saturated heterocycles. The second-order valence-electron chi connectivity index (χ2n) is 9.91. The van der Waals surface area contributed by atoms with Crippen LogP contribution in [0.2, 0.25) is 0 Å². The molecule has 39 heavy (non-hydrogen) atoms. The number of carbonyl (C=O) groups is 4. The van der Waals surface area contributed by atoms with Gasteiger partial charge in [0.15, 0.2) is 0 Å². The number of benzene rings is 1. The molecule has 0 saturated carbocycles. The maximum absolute atomic E-state index is 14.3. The first-order valence-electron chi connectivity index (χ1n) is 12.3. The monoisotopic (exact) mass is 549 g/mol. The Bertz CT molecular complexity index is 1290. The van der Waals surface area contributed by atoms with Crippen molar-refractivity contribution in [1.82, 2.24) is 20.1 Å². The molecule has 1 atom stereocenters. The van der Waals surface area contributed by atoms with Crippen LogP contribution in [0.15, 0.2) is 42.6 Å². The molecule has 4 rings (SSSR count). The molecule has 0 aliphatic carbocycles. The van der Waals surface area contributed by atoms with E-state index in [9.17, 15) is 36.7 Å². The van der Waals surface area contributed by atoms with Gasteiger partial charge in [-0.2, -0.15) is 13.2 Å². The SMILES string of the molecule is CC(C)C(NC(=O)c1cc(C(F)(F)F)ccc1F)C(=O)N1CCC2(CC1)C(=O)N(C)C(=O)N2c1ccccn1. The number of rotatable bonds is 5. The zero-order chi connectivity index (χ0) is 28.7. The number of hydrogen-bond donors (Lipinski definition) is 1. The Kier molecular flexibility index (Phi) is 7.37. The number of alkyl halides is 3. The molecule has 9 nitrogen and oxygen atoms in total. The number of anilines is 1. The highest BCUT2D eigenvalue weighted by Gasteiger charge is 2.58. The predicted molar refractivity (Wildman–Crippen MR) is 131 cm³/mol. The van der Waals surface area contributed by atoms with Crippen molar-refractivity contribution in [3.8, 4) is 0 Å². The Labute approximate surface area is 221 Å². The van der Waals surface area contributed by atoms with E-state index in [1.165, 1.54) is 23.0 Å². The van der Waals surface area contributed by atoms with E-state index in [1.807, 2.05) is 0 Å². The van der Waals surface area contributed by atoms with E-state index in [0.717, 1.165) is 4.90 Å². The summed E-state index contributed by atoms with van der Waals surface area (Å²) in [5.74, 6) is -3.45. The van der Waals surface area contributed by atoms with Crippen molar-refractivity contribution in [1.29, 1.82) is 0 Å². The Morgan fingerprint density at radius 1 is 1.08 bits per heavy atom. The Morgan fingerprint density at radius 3 is 2.31 bits per heavy atom. The van der Waals surface area contributed by atoms with Gasteiger partial charge >= 0.3 is 12.2 Å². The normalized spacial score (nSPS) is 18.2. The van der Waals surface area contributed by atoms with Gasteiger partial charge in [-0.25, -0.2) is 14.2 Å². The third-order valence-corrected chi connectivity index (χ3v) is 7.15. The number of pyridine rings is 1. The summed E-state index contributed by atoms with van der Waals surface area (Å²) in [5.41, 5.74) is -3.26. The molecule has 208 valence electrons. The van der Waals surface area contributed by atoms with Crippen molar-refractivity contribution in [2.24, 2.45) is 5.92 Å². The van der Waals surface area contributed by atoms with Gasteiger partial charge < -0.3 is 10.2 Å². The van der Waals surface area contributed by atoms with E-state index in [2.05, 4.69) is 10.3 Å². The van der Waals surface area contributed by atoms with Crippen LogP contribution < -0.4 is 10.2 Å². The summed E-state index contributed by atoms with van der Waals surface area (Å²) in [4.78, 5) is 60.3. The van der Waals surface area contributed by atoms with Crippen LogP contribution in [-0.4, -0.2) is 70.3 Å². The highest BCUT2D eigenvalue weighted by atomic mass is 19.4. The van der Waals surface area contributed by atoms with Gasteiger partial charge in [0.05, 0.1) is 11.1 Å². The van der Waals surface area contributed by atoms with Crippen LogP contribution in [0.4, 0.5) is 28.2 Å². The van der Waals surface area contributed by atoms with Crippen LogP contribution in [0.3, 0.4) is 0 Å². The van der Waals surface area contributed by atoms with Gasteiger partial charge in [0.25, 0.3) is 11.8 Å². The highest BCUT2D eigenvalue weighted by molar-refractivity contribution is 6.16. The number of nitrogens with zero attached hydrogens (tertiary/aromatic N) is 4. The smallest absolute Gasteiger partial charge is 0.341 e. The standard InChI is InChI=1S/C26H27F4N5O4/c1-15(2)20(32-21(36)17-14-16(26(28,29)30)7-8-18(17)27)22(37)34-12-9-25(10-13-34)23(38)33(3)24(39)35(25)19-6-4-5-11-31-19/h4-8,11,14-15,20H,9-10,12-13H2,1-3H3,(H,32,36). The second kappa shape index (κ2) is 10.3. The van der Waals surface area contributed by atoms with Gasteiger partial charge in [-0.05, 0) is 49.1 Å². The Hall–Kier alpha value is -4.03. The summed E-state index contributed by atoms with van der Waals surface area (Å²) >= 11 is 0. The molecule has 2 fully saturated rings. The lowest BCUT2D eigenvalue weighted by molar-refractivity contribution is -0.139. The molecule has 2 aliphatic rings. The van der Waals surface area contributed by atoms with Crippen molar-refractivity contribution in [3.05, 3.63) is 59.5 Å². The molecule has 1 aromatic heterocycles. The van der Waals surface area contributed by atoms with E-state index in [1.54, 1.807) is 32.0 Å². The number of imide groups is 1. The predicted octanol–water partition coefficient (Wildman–Crippen LogP) is 3.45. The van der Waals surface area contributed by atoms with Crippen LogP contribution in [0.5, 0.6) is 0 Å². The number of likely N-dealkylation sites (N-methyl/N-ethyl adjacent to an activating group) is 1. The summed E-state index contributed by atoms with van der Waals surface area (Å²) in [7, 11) is 1.38. The minimum absolute atomic E-state index is 0.0615. The molecular weight excluding hydrogens is 522 g/mol. The fourth-order valence-electron chi connectivity index (χ4n) is 4.97. The number of amides is 5. The number of urea groups is 1. The van der Waals surface area contributed by atoms with Gasteiger partial charge in [0.1, 0.15) is 23.2 Å².